The van der Waals surface area contributed by atoms with Crippen molar-refractivity contribution in [1.29, 1.82) is 0 Å². The lowest BCUT2D eigenvalue weighted by Gasteiger charge is -2.20. The van der Waals surface area contributed by atoms with E-state index in [1.165, 1.54) is 12.3 Å². The van der Waals surface area contributed by atoms with E-state index in [-0.39, 0.29) is 11.7 Å². The fourth-order valence-corrected chi connectivity index (χ4v) is 5.66. The van der Waals surface area contributed by atoms with Crippen molar-refractivity contribution in [3.8, 4) is 0 Å². The van der Waals surface area contributed by atoms with Gasteiger partial charge in [-0.15, -0.1) is 0 Å². The third-order valence-corrected chi connectivity index (χ3v) is 7.16. The number of amides is 1. The molecular weight excluding hydrogens is 417 g/mol. The first kappa shape index (κ1) is 20.3. The number of hydrogen-bond donors (Lipinski definition) is 2. The first-order chi connectivity index (χ1) is 15.0. The van der Waals surface area contributed by atoms with E-state index < -0.39 is 12.0 Å². The molecule has 0 bridgehead atoms. The van der Waals surface area contributed by atoms with Gasteiger partial charge in [0.05, 0.1) is 17.4 Å². The van der Waals surface area contributed by atoms with E-state index in [4.69, 9.17) is 11.6 Å². The predicted molar refractivity (Wildman–Crippen MR) is 117 cm³/mol. The van der Waals surface area contributed by atoms with Gasteiger partial charge in [0.25, 0.3) is 5.91 Å². The van der Waals surface area contributed by atoms with Crippen molar-refractivity contribution in [3.63, 3.8) is 0 Å². The first-order valence-electron chi connectivity index (χ1n) is 10.6. The van der Waals surface area contributed by atoms with Gasteiger partial charge < -0.3 is 10.4 Å². The Bertz CT molecular complexity index is 1110. The largest absolute Gasteiger partial charge is 0.383 e. The summed E-state index contributed by atoms with van der Waals surface area (Å²) in [5, 5.41) is 14.6. The molecule has 5 rings (SSSR count). The van der Waals surface area contributed by atoms with E-state index in [0.717, 1.165) is 42.1 Å². The Labute approximate surface area is 184 Å². The number of aromatic nitrogens is 2. The highest BCUT2D eigenvalue weighted by Crippen LogP contribution is 2.53. The Morgan fingerprint density at radius 3 is 2.58 bits per heavy atom. The van der Waals surface area contributed by atoms with Crippen LogP contribution >= 0.6 is 11.6 Å². The summed E-state index contributed by atoms with van der Waals surface area (Å²) in [5.41, 5.74) is 2.49. The molecule has 2 aromatic heterocycles. The fraction of sp³-hybridized carbons (Fsp3) is 0.375. The highest BCUT2D eigenvalue weighted by atomic mass is 35.5. The highest BCUT2D eigenvalue weighted by molar-refractivity contribution is 6.29. The topological polar surface area (TPSA) is 75.1 Å². The molecule has 2 N–H and O–H groups in total. The Morgan fingerprint density at radius 2 is 1.87 bits per heavy atom. The van der Waals surface area contributed by atoms with Crippen LogP contribution in [0.1, 0.15) is 37.2 Å². The van der Waals surface area contributed by atoms with Crippen LogP contribution in [0.3, 0.4) is 0 Å². The van der Waals surface area contributed by atoms with Crippen molar-refractivity contribution in [2.24, 2.45) is 17.8 Å². The number of aliphatic hydroxyl groups is 1. The number of halogens is 2. The summed E-state index contributed by atoms with van der Waals surface area (Å²) >= 11 is 5.77. The van der Waals surface area contributed by atoms with Crippen LogP contribution in [0.25, 0.3) is 10.9 Å². The van der Waals surface area contributed by atoms with Crippen LogP contribution in [0.5, 0.6) is 0 Å². The van der Waals surface area contributed by atoms with Gasteiger partial charge in [-0.05, 0) is 91.3 Å². The van der Waals surface area contributed by atoms with Gasteiger partial charge in [-0.2, -0.15) is 0 Å². The summed E-state index contributed by atoms with van der Waals surface area (Å²) in [6.45, 7) is 0. The normalized spacial score (nSPS) is 26.0. The van der Waals surface area contributed by atoms with Gasteiger partial charge in [-0.25, -0.2) is 9.37 Å². The smallest absolute Gasteiger partial charge is 0.253 e. The van der Waals surface area contributed by atoms with Gasteiger partial charge in [0.15, 0.2) is 0 Å². The van der Waals surface area contributed by atoms with Crippen LogP contribution in [-0.2, 0) is 4.79 Å². The van der Waals surface area contributed by atoms with Crippen molar-refractivity contribution in [1.82, 2.24) is 9.97 Å². The van der Waals surface area contributed by atoms with Gasteiger partial charge in [-0.1, -0.05) is 11.6 Å². The van der Waals surface area contributed by atoms with Crippen LogP contribution in [-0.4, -0.2) is 27.1 Å². The molecule has 0 spiro atoms. The standard InChI is InChI=1S/C24H23ClFN3O2/c25-22-4-2-18(12-28-22)29-24(31)23(30)16-9-13-7-15(8-14(13)10-16)19-5-6-27-21-3-1-17(26)11-20(19)21/h1-6,11-16,23,30H,7-10H2,(H,29,31)/t13-,14+,15?,16?,23?. The Balaban J connectivity index is 1.24. The van der Waals surface area contributed by atoms with Gasteiger partial charge in [-0.3, -0.25) is 9.78 Å². The summed E-state index contributed by atoms with van der Waals surface area (Å²) in [5.74, 6) is 0.585. The molecule has 2 heterocycles. The summed E-state index contributed by atoms with van der Waals surface area (Å²) in [6.07, 6.45) is 5.86. The van der Waals surface area contributed by atoms with E-state index in [2.05, 4.69) is 15.3 Å². The third-order valence-electron chi connectivity index (χ3n) is 6.94. The summed E-state index contributed by atoms with van der Waals surface area (Å²) < 4.78 is 13.8. The zero-order chi connectivity index (χ0) is 21.5. The SMILES string of the molecule is O=C(Nc1ccc(Cl)nc1)C(O)C1C[C@H]2CC(c3ccnc4ccc(F)cc34)C[C@H]2C1. The van der Waals surface area contributed by atoms with E-state index in [0.29, 0.717) is 28.6 Å². The predicted octanol–water partition coefficient (Wildman–Crippen LogP) is 4.94. The molecule has 2 saturated carbocycles. The van der Waals surface area contributed by atoms with Crippen molar-refractivity contribution in [3.05, 3.63) is 65.3 Å². The van der Waals surface area contributed by atoms with Crippen LogP contribution in [0.2, 0.25) is 5.15 Å². The average Bonchev–Trinajstić information content (AvgIpc) is 3.33. The van der Waals surface area contributed by atoms with E-state index in [1.54, 1.807) is 30.5 Å². The summed E-state index contributed by atoms with van der Waals surface area (Å²) in [6, 6.07) is 10.0. The number of fused-ring (bicyclic) bond motifs is 2. The number of benzene rings is 1. The molecule has 0 saturated heterocycles. The minimum absolute atomic E-state index is 0.0529. The lowest BCUT2D eigenvalue weighted by atomic mass is 9.89. The average molecular weight is 440 g/mol. The van der Waals surface area contributed by atoms with Crippen molar-refractivity contribution >= 4 is 34.1 Å². The van der Waals surface area contributed by atoms with Crippen LogP contribution in [0, 0.1) is 23.6 Å². The molecule has 5 atom stereocenters. The molecule has 0 aliphatic heterocycles. The summed E-state index contributed by atoms with van der Waals surface area (Å²) in [7, 11) is 0. The minimum Gasteiger partial charge on any atom is -0.383 e. The molecule has 2 aliphatic carbocycles. The van der Waals surface area contributed by atoms with Gasteiger partial charge in [0.2, 0.25) is 0 Å². The Morgan fingerprint density at radius 1 is 1.10 bits per heavy atom. The molecule has 2 fully saturated rings. The first-order valence-corrected chi connectivity index (χ1v) is 11.0. The zero-order valence-electron chi connectivity index (χ0n) is 16.8. The molecule has 3 aromatic rings. The number of rotatable bonds is 4. The second-order valence-corrected chi connectivity index (χ2v) is 9.17. The monoisotopic (exact) mass is 439 g/mol. The number of pyridine rings is 2. The maximum absolute atomic E-state index is 13.8. The summed E-state index contributed by atoms with van der Waals surface area (Å²) in [4.78, 5) is 20.8. The molecule has 2 aliphatic rings. The molecule has 160 valence electrons. The Hall–Kier alpha value is -2.57. The molecular formula is C24H23ClFN3O2. The molecule has 3 unspecified atom stereocenters. The third kappa shape index (κ3) is 4.02. The number of anilines is 1. The van der Waals surface area contributed by atoms with E-state index in [1.807, 2.05) is 6.07 Å². The van der Waals surface area contributed by atoms with Crippen molar-refractivity contribution in [2.75, 3.05) is 5.32 Å². The van der Waals surface area contributed by atoms with Crippen molar-refractivity contribution in [2.45, 2.75) is 37.7 Å². The number of carbonyl (C=O) groups is 1. The molecule has 0 radical (unpaired) electrons. The highest BCUT2D eigenvalue weighted by Gasteiger charge is 2.45. The number of hydrogen-bond acceptors (Lipinski definition) is 4. The van der Waals surface area contributed by atoms with Crippen molar-refractivity contribution < 1.29 is 14.3 Å². The van der Waals surface area contributed by atoms with E-state index >= 15 is 0 Å². The van der Waals surface area contributed by atoms with Crippen LogP contribution in [0.15, 0.2) is 48.8 Å². The lowest BCUT2D eigenvalue weighted by Crippen LogP contribution is -2.33. The zero-order valence-corrected chi connectivity index (χ0v) is 17.6. The molecule has 1 amide bonds. The maximum Gasteiger partial charge on any atom is 0.253 e. The minimum atomic E-state index is -1.05. The molecule has 5 nitrogen and oxygen atoms in total. The maximum atomic E-state index is 13.8. The molecule has 31 heavy (non-hydrogen) atoms. The second-order valence-electron chi connectivity index (χ2n) is 8.79. The molecule has 7 heteroatoms. The van der Waals surface area contributed by atoms with Gasteiger partial charge >= 0.3 is 0 Å². The number of carbonyl (C=O) groups excluding carboxylic acids is 1. The van der Waals surface area contributed by atoms with Gasteiger partial charge in [0, 0.05) is 11.6 Å². The fourth-order valence-electron chi connectivity index (χ4n) is 5.55. The molecule has 1 aromatic carbocycles. The lowest BCUT2D eigenvalue weighted by molar-refractivity contribution is -0.126. The second kappa shape index (κ2) is 8.17. The van der Waals surface area contributed by atoms with Gasteiger partial charge in [0.1, 0.15) is 17.1 Å². The number of nitrogens with zero attached hydrogens (tertiary/aromatic N) is 2. The Kier molecular flexibility index (Phi) is 5.36. The quantitative estimate of drug-likeness (QED) is 0.564. The van der Waals surface area contributed by atoms with E-state index in [9.17, 15) is 14.3 Å². The van der Waals surface area contributed by atoms with Crippen LogP contribution < -0.4 is 5.32 Å². The number of nitrogens with one attached hydrogen (secondary N) is 1. The van der Waals surface area contributed by atoms with Crippen LogP contribution in [0.4, 0.5) is 10.1 Å². The number of aliphatic hydroxyl groups excluding tert-OH is 1.